The van der Waals surface area contributed by atoms with Gasteiger partial charge in [0.05, 0.1) is 13.5 Å². The van der Waals surface area contributed by atoms with E-state index >= 15 is 0 Å². The summed E-state index contributed by atoms with van der Waals surface area (Å²) >= 11 is 0. The van der Waals surface area contributed by atoms with Crippen LogP contribution in [-0.4, -0.2) is 34.8 Å². The second-order valence-electron chi connectivity index (χ2n) is 2.88. The molecule has 6 heteroatoms. The molecule has 0 spiro atoms. The largest absolute Gasteiger partial charge is 0.464 e. The van der Waals surface area contributed by atoms with E-state index in [9.17, 15) is 9.59 Å². The summed E-state index contributed by atoms with van der Waals surface area (Å²) in [5, 5.41) is 11.3. The summed E-state index contributed by atoms with van der Waals surface area (Å²) in [5.74, 6) is -1.20. The lowest BCUT2D eigenvalue weighted by atomic mass is 10.1. The molecule has 16 heavy (non-hydrogen) atoms. The Hall–Kier alpha value is -2.24. The van der Waals surface area contributed by atoms with E-state index in [-0.39, 0.29) is 17.9 Å². The van der Waals surface area contributed by atoms with Crippen LogP contribution in [0.2, 0.25) is 0 Å². The number of hydrogen-bond acceptors (Lipinski definition) is 6. The highest BCUT2D eigenvalue weighted by Crippen LogP contribution is 2.03. The molecule has 0 unspecified atom stereocenters. The van der Waals surface area contributed by atoms with E-state index < -0.39 is 5.97 Å². The van der Waals surface area contributed by atoms with E-state index in [1.54, 1.807) is 12.1 Å². The first-order valence-corrected chi connectivity index (χ1v) is 4.41. The Morgan fingerprint density at radius 3 is 2.81 bits per heavy atom. The fraction of sp³-hybridized carbons (Fsp3) is 0.200. The van der Waals surface area contributed by atoms with Gasteiger partial charge in [0, 0.05) is 18.0 Å². The van der Waals surface area contributed by atoms with E-state index in [0.717, 1.165) is 7.11 Å². The van der Waals surface area contributed by atoms with Gasteiger partial charge in [-0.3, -0.25) is 9.78 Å². The molecule has 0 aliphatic carbocycles. The lowest BCUT2D eigenvalue weighted by molar-refractivity contribution is -0.133. The average Bonchev–Trinajstić information content (AvgIpc) is 2.35. The van der Waals surface area contributed by atoms with E-state index in [2.05, 4.69) is 14.9 Å². The van der Waals surface area contributed by atoms with Gasteiger partial charge in [0.2, 0.25) is 0 Å². The maximum atomic E-state index is 11.6. The molecule has 0 saturated heterocycles. The first-order valence-electron chi connectivity index (χ1n) is 4.41. The third kappa shape index (κ3) is 2.88. The second kappa shape index (κ2) is 5.59. The van der Waals surface area contributed by atoms with Gasteiger partial charge >= 0.3 is 5.97 Å². The molecule has 0 radical (unpaired) electrons. The summed E-state index contributed by atoms with van der Waals surface area (Å²) in [4.78, 5) is 26.4. The number of rotatable bonds is 4. The lowest BCUT2D eigenvalue weighted by Crippen LogP contribution is -2.19. The van der Waals surface area contributed by atoms with Crippen LogP contribution in [0.15, 0.2) is 29.7 Å². The lowest BCUT2D eigenvalue weighted by Gasteiger charge is -2.01. The number of oxime groups is 1. The molecule has 0 saturated carbocycles. The molecule has 1 aromatic heterocycles. The number of pyridine rings is 1. The molecule has 84 valence electrons. The number of hydrogen-bond donors (Lipinski definition) is 1. The van der Waals surface area contributed by atoms with Crippen LogP contribution in [0.1, 0.15) is 16.8 Å². The summed E-state index contributed by atoms with van der Waals surface area (Å²) in [6, 6.07) is 3.16. The summed E-state index contributed by atoms with van der Waals surface area (Å²) in [7, 11) is 1.14. The van der Waals surface area contributed by atoms with Crippen molar-refractivity contribution in [2.75, 3.05) is 7.11 Å². The minimum absolute atomic E-state index is 0.325. The van der Waals surface area contributed by atoms with Crippen molar-refractivity contribution in [2.24, 2.45) is 5.16 Å². The Morgan fingerprint density at radius 2 is 2.31 bits per heavy atom. The van der Waals surface area contributed by atoms with Gasteiger partial charge in [-0.05, 0) is 12.1 Å². The molecule has 0 fully saturated rings. The summed E-state index contributed by atoms with van der Waals surface area (Å²) in [5.41, 5.74) is 0.00362. The number of nitrogens with zero attached hydrogens (tertiary/aromatic N) is 2. The van der Waals surface area contributed by atoms with Crippen LogP contribution in [-0.2, 0) is 9.53 Å². The topological polar surface area (TPSA) is 88.9 Å². The van der Waals surface area contributed by atoms with Gasteiger partial charge in [0.25, 0.3) is 0 Å². The molecule has 0 amide bonds. The number of carbonyl (C=O) groups excluding carboxylic acids is 2. The molecule has 0 atom stereocenters. The molecule has 1 rings (SSSR count). The predicted octanol–water partition coefficient (Wildman–Crippen LogP) is 0.658. The van der Waals surface area contributed by atoms with Gasteiger partial charge in [0.15, 0.2) is 11.5 Å². The zero-order chi connectivity index (χ0) is 12.0. The number of esters is 1. The molecule has 0 bridgehead atoms. The molecule has 0 aromatic carbocycles. The molecule has 1 N–H and O–H groups in total. The average molecular weight is 222 g/mol. The highest BCUT2D eigenvalue weighted by molar-refractivity contribution is 6.40. The minimum atomic E-state index is -0.834. The second-order valence-corrected chi connectivity index (χ2v) is 2.88. The van der Waals surface area contributed by atoms with Gasteiger partial charge in [-0.15, -0.1) is 0 Å². The number of methoxy groups -OCH3 is 1. The van der Waals surface area contributed by atoms with E-state index in [1.807, 2.05) is 0 Å². The zero-order valence-corrected chi connectivity index (χ0v) is 8.58. The zero-order valence-electron chi connectivity index (χ0n) is 8.58. The Bertz CT molecular complexity index is 414. The molecular weight excluding hydrogens is 212 g/mol. The third-order valence-corrected chi connectivity index (χ3v) is 1.85. The smallest absolute Gasteiger partial charge is 0.356 e. The molecule has 1 heterocycles. The van der Waals surface area contributed by atoms with Crippen molar-refractivity contribution in [3.8, 4) is 0 Å². The molecule has 1 aromatic rings. The normalized spacial score (nSPS) is 10.9. The fourth-order valence-electron chi connectivity index (χ4n) is 1.05. The maximum absolute atomic E-state index is 11.6. The minimum Gasteiger partial charge on any atom is -0.464 e. The number of aromatic nitrogens is 1. The Labute approximate surface area is 91.6 Å². The van der Waals surface area contributed by atoms with Crippen LogP contribution >= 0.6 is 0 Å². The Morgan fingerprint density at radius 1 is 1.56 bits per heavy atom. The van der Waals surface area contributed by atoms with Crippen LogP contribution in [0, 0.1) is 0 Å². The number of Topliss-reactive ketones (excluding diaryl/α,β-unsaturated/α-hetero) is 1. The van der Waals surface area contributed by atoms with Crippen molar-refractivity contribution in [3.63, 3.8) is 0 Å². The van der Waals surface area contributed by atoms with Gasteiger partial charge in [-0.2, -0.15) is 0 Å². The molecular formula is C10H10N2O4. The van der Waals surface area contributed by atoms with Gasteiger partial charge in [-0.1, -0.05) is 5.16 Å². The standard InChI is InChI=1S/C10H10N2O4/c1-16-10(14)8(12-15)5-9(13)7-3-2-4-11-6-7/h2-4,6,15H,5H2,1H3/b12-8+. The molecule has 6 nitrogen and oxygen atoms in total. The van der Waals surface area contributed by atoms with Crippen molar-refractivity contribution in [2.45, 2.75) is 6.42 Å². The Kier molecular flexibility index (Phi) is 4.14. The summed E-state index contributed by atoms with van der Waals surface area (Å²) in [6.07, 6.45) is 2.57. The van der Waals surface area contributed by atoms with Gasteiger partial charge in [-0.25, -0.2) is 4.79 Å². The van der Waals surface area contributed by atoms with Crippen LogP contribution in [0.5, 0.6) is 0 Å². The maximum Gasteiger partial charge on any atom is 0.356 e. The number of ether oxygens (including phenoxy) is 1. The van der Waals surface area contributed by atoms with Crippen molar-refractivity contribution in [1.82, 2.24) is 4.98 Å². The summed E-state index contributed by atoms with van der Waals surface area (Å²) in [6.45, 7) is 0. The van der Waals surface area contributed by atoms with Crippen LogP contribution in [0.25, 0.3) is 0 Å². The molecule has 0 aliphatic heterocycles. The van der Waals surface area contributed by atoms with Gasteiger partial charge < -0.3 is 9.94 Å². The first kappa shape index (κ1) is 11.8. The van der Waals surface area contributed by atoms with Crippen molar-refractivity contribution in [1.29, 1.82) is 0 Å². The number of ketones is 1. The van der Waals surface area contributed by atoms with E-state index in [1.165, 1.54) is 12.4 Å². The highest BCUT2D eigenvalue weighted by atomic mass is 16.5. The highest BCUT2D eigenvalue weighted by Gasteiger charge is 2.18. The monoisotopic (exact) mass is 222 g/mol. The van der Waals surface area contributed by atoms with Crippen molar-refractivity contribution in [3.05, 3.63) is 30.1 Å². The van der Waals surface area contributed by atoms with E-state index in [0.29, 0.717) is 5.56 Å². The van der Waals surface area contributed by atoms with Crippen LogP contribution < -0.4 is 0 Å². The SMILES string of the molecule is COC(=O)/C(CC(=O)c1cccnc1)=N/O. The Balaban J connectivity index is 2.75. The van der Waals surface area contributed by atoms with E-state index in [4.69, 9.17) is 5.21 Å². The first-order chi connectivity index (χ1) is 7.69. The summed E-state index contributed by atoms with van der Waals surface area (Å²) < 4.78 is 4.34. The van der Waals surface area contributed by atoms with Crippen LogP contribution in [0.3, 0.4) is 0 Å². The van der Waals surface area contributed by atoms with Crippen molar-refractivity contribution < 1.29 is 19.5 Å². The third-order valence-electron chi connectivity index (χ3n) is 1.85. The number of carbonyl (C=O) groups is 2. The van der Waals surface area contributed by atoms with Crippen LogP contribution in [0.4, 0.5) is 0 Å². The molecule has 0 aliphatic rings. The van der Waals surface area contributed by atoms with Gasteiger partial charge in [0.1, 0.15) is 0 Å². The quantitative estimate of drug-likeness (QED) is 0.266. The fourth-order valence-corrected chi connectivity index (χ4v) is 1.05. The van der Waals surface area contributed by atoms with Crippen molar-refractivity contribution >= 4 is 17.5 Å². The predicted molar refractivity (Wildman–Crippen MR) is 54.4 cm³/mol.